The van der Waals surface area contributed by atoms with Crippen molar-refractivity contribution in [1.82, 2.24) is 0 Å². The Labute approximate surface area is 376 Å². The largest absolute Gasteiger partial charge is 0.497 e. The summed E-state index contributed by atoms with van der Waals surface area (Å²) in [6.45, 7) is 4.66. The highest BCUT2D eigenvalue weighted by Crippen LogP contribution is 2.53. The molecule has 0 atom stereocenters. The van der Waals surface area contributed by atoms with Gasteiger partial charge in [0.15, 0.2) is 0 Å². The van der Waals surface area contributed by atoms with E-state index in [0.717, 1.165) is 33.9 Å². The van der Waals surface area contributed by atoms with Crippen molar-refractivity contribution in [3.63, 3.8) is 0 Å². The van der Waals surface area contributed by atoms with E-state index in [1.165, 1.54) is 77.5 Å². The van der Waals surface area contributed by atoms with E-state index in [9.17, 15) is 0 Å². The topological polar surface area (TPSA) is 12.5 Å². The van der Waals surface area contributed by atoms with E-state index >= 15 is 0 Å². The molecule has 1 aliphatic rings. The first kappa shape index (κ1) is 38.9. The van der Waals surface area contributed by atoms with Crippen LogP contribution in [0.5, 0.6) is 5.75 Å². The minimum atomic E-state index is -0.161. The van der Waals surface area contributed by atoms with Gasteiger partial charge in [0.05, 0.1) is 12.8 Å². The van der Waals surface area contributed by atoms with Gasteiger partial charge >= 0.3 is 0 Å². The lowest BCUT2D eigenvalue weighted by Gasteiger charge is -2.30. The van der Waals surface area contributed by atoms with Gasteiger partial charge in [0.2, 0.25) is 0 Å². The third-order valence-corrected chi connectivity index (χ3v) is 13.2. The second-order valence-corrected chi connectivity index (χ2v) is 17.2. The Balaban J connectivity index is 1.18. The Bertz CT molecular complexity index is 3330. The average molecular weight is 822 g/mol. The number of methoxy groups -OCH3 is 1. The lowest BCUT2D eigenvalue weighted by atomic mass is 9.82. The van der Waals surface area contributed by atoms with Crippen LogP contribution in [-0.2, 0) is 5.41 Å². The zero-order valence-corrected chi connectivity index (χ0v) is 36.3. The Hall–Kier alpha value is -7.94. The second-order valence-electron chi connectivity index (χ2n) is 17.2. The van der Waals surface area contributed by atoms with Gasteiger partial charge in [-0.2, -0.15) is 0 Å². The maximum atomic E-state index is 5.80. The zero-order chi connectivity index (χ0) is 43.2. The number of anilines is 3. The maximum Gasteiger partial charge on any atom is 0.119 e. The van der Waals surface area contributed by atoms with Gasteiger partial charge in [-0.15, -0.1) is 0 Å². The molecule has 0 fully saturated rings. The van der Waals surface area contributed by atoms with E-state index in [0.29, 0.717) is 0 Å². The van der Waals surface area contributed by atoms with Crippen molar-refractivity contribution >= 4 is 27.8 Å². The Morgan fingerprint density at radius 1 is 0.344 bits per heavy atom. The first-order valence-electron chi connectivity index (χ1n) is 22.1. The Morgan fingerprint density at radius 2 is 0.859 bits per heavy atom. The van der Waals surface area contributed by atoms with E-state index in [4.69, 9.17) is 4.74 Å². The van der Waals surface area contributed by atoms with Crippen LogP contribution in [0.1, 0.15) is 25.0 Å². The number of nitrogens with zero attached hydrogens (tertiary/aromatic N) is 1. The predicted octanol–water partition coefficient (Wildman–Crippen LogP) is 17.0. The van der Waals surface area contributed by atoms with Gasteiger partial charge in [-0.1, -0.05) is 196 Å². The summed E-state index contributed by atoms with van der Waals surface area (Å²) in [6.07, 6.45) is 0. The molecule has 0 saturated heterocycles. The third kappa shape index (κ3) is 6.76. The lowest BCUT2D eigenvalue weighted by molar-refractivity contribution is 0.414. The highest BCUT2D eigenvalue weighted by molar-refractivity contribution is 6.09. The number of hydrogen-bond donors (Lipinski definition) is 0. The van der Waals surface area contributed by atoms with E-state index in [1.54, 1.807) is 7.11 Å². The van der Waals surface area contributed by atoms with Gasteiger partial charge in [-0.3, -0.25) is 0 Å². The predicted molar refractivity (Wildman–Crippen MR) is 270 cm³/mol. The van der Waals surface area contributed by atoms with Crippen molar-refractivity contribution in [2.45, 2.75) is 19.3 Å². The minimum Gasteiger partial charge on any atom is -0.497 e. The van der Waals surface area contributed by atoms with Gasteiger partial charge in [0, 0.05) is 22.4 Å². The molecule has 2 heteroatoms. The molecule has 0 spiro atoms. The fraction of sp³-hybridized carbons (Fsp3) is 0.0645. The molecule has 0 heterocycles. The Kier molecular flexibility index (Phi) is 9.78. The van der Waals surface area contributed by atoms with Crippen molar-refractivity contribution in [3.8, 4) is 72.5 Å². The van der Waals surface area contributed by atoms with Crippen LogP contribution < -0.4 is 9.64 Å². The van der Waals surface area contributed by atoms with Crippen LogP contribution in [0.4, 0.5) is 17.1 Å². The van der Waals surface area contributed by atoms with Crippen LogP contribution in [0.2, 0.25) is 0 Å². The number of para-hydroxylation sites is 1. The summed E-state index contributed by atoms with van der Waals surface area (Å²) in [7, 11) is 1.75. The molecule has 0 aliphatic heterocycles. The molecule has 1 aliphatic carbocycles. The summed E-state index contributed by atoms with van der Waals surface area (Å²) in [5.41, 5.74) is 20.0. The van der Waals surface area contributed by atoms with E-state index in [2.05, 4.69) is 249 Å². The molecule has 11 rings (SSSR count). The van der Waals surface area contributed by atoms with Crippen LogP contribution in [0.25, 0.3) is 77.5 Å². The molecule has 306 valence electrons. The summed E-state index contributed by atoms with van der Waals surface area (Å²) in [4.78, 5) is 2.47. The molecule has 2 nitrogen and oxygen atoms in total. The van der Waals surface area contributed by atoms with Crippen molar-refractivity contribution in [2.24, 2.45) is 0 Å². The summed E-state index contributed by atoms with van der Waals surface area (Å²) in [6, 6.07) is 84.1. The molecule has 10 aromatic rings. The van der Waals surface area contributed by atoms with E-state index < -0.39 is 0 Å². The summed E-state index contributed by atoms with van der Waals surface area (Å²) in [5.74, 6) is 0.861. The second kappa shape index (κ2) is 16.1. The molecule has 0 radical (unpaired) electrons. The molecular formula is C62H47NO. The smallest absolute Gasteiger partial charge is 0.119 e. The van der Waals surface area contributed by atoms with Crippen molar-refractivity contribution in [3.05, 3.63) is 242 Å². The van der Waals surface area contributed by atoms with Crippen molar-refractivity contribution in [2.75, 3.05) is 12.0 Å². The van der Waals surface area contributed by atoms with Crippen molar-refractivity contribution in [1.29, 1.82) is 0 Å². The molecule has 0 amide bonds. The molecule has 0 unspecified atom stereocenters. The molecule has 64 heavy (non-hydrogen) atoms. The number of rotatable bonds is 9. The SMILES string of the molecule is COc1ccc2c(c1)-c1cc(N(c3ccc(-c4ccccc4)c(-c4cccc5cccc(-c6ccccc6)c45)c3)c3ccccc3-c3cccc(-c4ccccc4)c3)ccc1C2(C)C. The lowest BCUT2D eigenvalue weighted by Crippen LogP contribution is -2.15. The quantitative estimate of drug-likeness (QED) is 0.144. The fourth-order valence-electron chi connectivity index (χ4n) is 10.0. The van der Waals surface area contributed by atoms with Gasteiger partial charge in [-0.25, -0.2) is 0 Å². The highest BCUT2D eigenvalue weighted by Gasteiger charge is 2.36. The monoisotopic (exact) mass is 821 g/mol. The van der Waals surface area contributed by atoms with E-state index in [-0.39, 0.29) is 5.41 Å². The van der Waals surface area contributed by atoms with Crippen LogP contribution >= 0.6 is 0 Å². The normalized spacial score (nSPS) is 12.4. The molecule has 0 N–H and O–H groups in total. The zero-order valence-electron chi connectivity index (χ0n) is 36.3. The molecule has 0 bridgehead atoms. The van der Waals surface area contributed by atoms with E-state index in [1.807, 2.05) is 0 Å². The first-order chi connectivity index (χ1) is 31.5. The summed E-state index contributed by atoms with van der Waals surface area (Å²) < 4.78 is 5.80. The average Bonchev–Trinajstić information content (AvgIpc) is 3.59. The van der Waals surface area contributed by atoms with Gasteiger partial charge < -0.3 is 9.64 Å². The highest BCUT2D eigenvalue weighted by atomic mass is 16.5. The van der Waals surface area contributed by atoms with Gasteiger partial charge in [0.25, 0.3) is 0 Å². The number of ether oxygens (including phenoxy) is 1. The minimum absolute atomic E-state index is 0.161. The van der Waals surface area contributed by atoms with Gasteiger partial charge in [0.1, 0.15) is 5.75 Å². The van der Waals surface area contributed by atoms with Crippen molar-refractivity contribution < 1.29 is 4.74 Å². The van der Waals surface area contributed by atoms with Crippen LogP contribution in [0, 0.1) is 0 Å². The van der Waals surface area contributed by atoms with Crippen LogP contribution in [0.15, 0.2) is 231 Å². The maximum absolute atomic E-state index is 5.80. The molecule has 10 aromatic carbocycles. The standard InChI is InChI=1S/C62H47NO/c1-62(2)58-36-33-49(40-56(58)57-41-50(64-3)34-37-59(57)62)63(60-31-14-13-28-52(60)47-27-15-26-46(38-47)42-18-7-4-8-19-42)48-32-35-51(43-20-9-5-10-21-43)55(39-48)54-30-17-25-45-24-16-29-53(61(45)54)44-22-11-6-12-23-44/h4-41H,1-3H3. The van der Waals surface area contributed by atoms with Crippen LogP contribution in [-0.4, -0.2) is 7.11 Å². The first-order valence-corrected chi connectivity index (χ1v) is 22.1. The number of benzene rings is 10. The molecular weight excluding hydrogens is 775 g/mol. The molecule has 0 aromatic heterocycles. The summed E-state index contributed by atoms with van der Waals surface area (Å²) in [5, 5.41) is 2.44. The molecule has 0 saturated carbocycles. The summed E-state index contributed by atoms with van der Waals surface area (Å²) >= 11 is 0. The fourth-order valence-corrected chi connectivity index (χ4v) is 10.0. The number of fused-ring (bicyclic) bond motifs is 4. The van der Waals surface area contributed by atoms with Crippen LogP contribution in [0.3, 0.4) is 0 Å². The third-order valence-electron chi connectivity index (χ3n) is 13.2. The Morgan fingerprint density at radius 3 is 1.56 bits per heavy atom. The van der Waals surface area contributed by atoms with Gasteiger partial charge in [-0.05, 0) is 132 Å². The number of hydrogen-bond acceptors (Lipinski definition) is 2.